The maximum Gasteiger partial charge on any atom is 0.192 e. The van der Waals surface area contributed by atoms with Gasteiger partial charge in [0.15, 0.2) is 11.0 Å². The zero-order chi connectivity index (χ0) is 18.5. The molecule has 0 N–H and O–H groups in total. The molecule has 6 nitrogen and oxygen atoms in total. The molecule has 3 aromatic heterocycles. The van der Waals surface area contributed by atoms with Gasteiger partial charge in [-0.1, -0.05) is 30.0 Å². The van der Waals surface area contributed by atoms with Gasteiger partial charge in [0.2, 0.25) is 0 Å². The molecule has 0 atom stereocenters. The topological polar surface area (TPSA) is 80.5 Å². The molecule has 0 saturated heterocycles. The van der Waals surface area contributed by atoms with Gasteiger partial charge in [-0.15, -0.1) is 10.2 Å². The summed E-state index contributed by atoms with van der Waals surface area (Å²) < 4.78 is 7.51. The highest BCUT2D eigenvalue weighted by atomic mass is 32.2. The summed E-state index contributed by atoms with van der Waals surface area (Å²) in [5.41, 5.74) is 2.54. The molecule has 0 aliphatic heterocycles. The number of hydrogen-bond acceptors (Lipinski definition) is 6. The van der Waals surface area contributed by atoms with Crippen molar-refractivity contribution in [1.82, 2.24) is 19.7 Å². The second kappa shape index (κ2) is 7.89. The molecule has 27 heavy (non-hydrogen) atoms. The Morgan fingerprint density at radius 2 is 1.93 bits per heavy atom. The highest BCUT2D eigenvalue weighted by molar-refractivity contribution is 7.98. The molecule has 0 radical (unpaired) electrons. The molecule has 0 amide bonds. The Balaban J connectivity index is 1.61. The summed E-state index contributed by atoms with van der Waals surface area (Å²) in [7, 11) is 0. The summed E-state index contributed by atoms with van der Waals surface area (Å²) in [5.74, 6) is 2.26. The van der Waals surface area contributed by atoms with Crippen LogP contribution in [0.4, 0.5) is 0 Å². The summed E-state index contributed by atoms with van der Waals surface area (Å²) >= 11 is 1.59. The van der Waals surface area contributed by atoms with Crippen molar-refractivity contribution in [2.45, 2.75) is 17.5 Å². The fourth-order valence-corrected chi connectivity index (χ4v) is 3.50. The third-order valence-corrected chi connectivity index (χ3v) is 4.99. The van der Waals surface area contributed by atoms with E-state index in [2.05, 4.69) is 21.3 Å². The normalized spacial score (nSPS) is 10.6. The Bertz CT molecular complexity index is 1050. The molecule has 0 saturated carbocycles. The molecule has 0 spiro atoms. The van der Waals surface area contributed by atoms with Crippen molar-refractivity contribution in [2.24, 2.45) is 0 Å². The number of nitriles is 1. The van der Waals surface area contributed by atoms with Crippen LogP contribution in [-0.2, 0) is 12.3 Å². The van der Waals surface area contributed by atoms with Crippen LogP contribution < -0.4 is 0 Å². The molecule has 0 unspecified atom stereocenters. The Morgan fingerprint density at radius 1 is 1.04 bits per heavy atom. The van der Waals surface area contributed by atoms with E-state index in [-0.39, 0.29) is 0 Å². The monoisotopic (exact) mass is 373 g/mol. The van der Waals surface area contributed by atoms with Crippen LogP contribution in [-0.4, -0.2) is 19.7 Å². The van der Waals surface area contributed by atoms with Crippen molar-refractivity contribution in [3.05, 3.63) is 83.9 Å². The van der Waals surface area contributed by atoms with Crippen LogP contribution in [0.5, 0.6) is 0 Å². The number of pyridine rings is 1. The predicted octanol–water partition coefficient (Wildman–Crippen LogP) is 4.15. The first kappa shape index (κ1) is 17.1. The summed E-state index contributed by atoms with van der Waals surface area (Å²) in [4.78, 5) is 4.40. The minimum absolute atomic E-state index is 0.529. The lowest BCUT2D eigenvalue weighted by Gasteiger charge is -2.08. The van der Waals surface area contributed by atoms with Gasteiger partial charge in [-0.25, -0.2) is 0 Å². The molecule has 0 fully saturated rings. The maximum absolute atomic E-state index is 8.91. The van der Waals surface area contributed by atoms with E-state index in [0.29, 0.717) is 17.9 Å². The van der Waals surface area contributed by atoms with Gasteiger partial charge in [0.05, 0.1) is 24.4 Å². The lowest BCUT2D eigenvalue weighted by molar-refractivity contribution is 0.485. The Kier molecular flexibility index (Phi) is 4.99. The lowest BCUT2D eigenvalue weighted by atomic mass is 10.2. The SMILES string of the molecule is N#Cc1ccc(CSc2nnc(-c3ccccn3)n2Cc2ccco2)cc1. The van der Waals surface area contributed by atoms with E-state index in [9.17, 15) is 0 Å². The first-order chi connectivity index (χ1) is 13.3. The third-order valence-electron chi connectivity index (χ3n) is 3.96. The number of furan rings is 1. The standard InChI is InChI=1S/C20H15N5OS/c21-12-15-6-8-16(9-7-15)14-27-20-24-23-19(18-5-1-2-10-22-18)25(20)13-17-4-3-11-26-17/h1-11H,13-14H2. The number of benzene rings is 1. The van der Waals surface area contributed by atoms with Crippen LogP contribution in [0.25, 0.3) is 11.5 Å². The fourth-order valence-electron chi connectivity index (χ4n) is 2.60. The van der Waals surface area contributed by atoms with Gasteiger partial charge >= 0.3 is 0 Å². The molecule has 0 aliphatic rings. The van der Waals surface area contributed by atoms with Crippen LogP contribution in [0.3, 0.4) is 0 Å². The third kappa shape index (κ3) is 3.91. The van der Waals surface area contributed by atoms with Crippen molar-refractivity contribution < 1.29 is 4.42 Å². The van der Waals surface area contributed by atoms with Crippen LogP contribution in [0, 0.1) is 11.3 Å². The minimum atomic E-state index is 0.529. The predicted molar refractivity (Wildman–Crippen MR) is 102 cm³/mol. The Hall–Kier alpha value is -3.37. The van der Waals surface area contributed by atoms with E-state index >= 15 is 0 Å². The number of nitrogens with zero attached hydrogens (tertiary/aromatic N) is 5. The smallest absolute Gasteiger partial charge is 0.192 e. The van der Waals surface area contributed by atoms with E-state index < -0.39 is 0 Å². The van der Waals surface area contributed by atoms with Crippen molar-refractivity contribution in [3.8, 4) is 17.6 Å². The number of rotatable bonds is 6. The molecular formula is C20H15N5OS. The van der Waals surface area contributed by atoms with E-state index in [4.69, 9.17) is 9.68 Å². The van der Waals surface area contributed by atoms with Crippen molar-refractivity contribution in [2.75, 3.05) is 0 Å². The van der Waals surface area contributed by atoms with E-state index in [1.807, 2.05) is 59.2 Å². The van der Waals surface area contributed by atoms with Gasteiger partial charge in [-0.2, -0.15) is 5.26 Å². The van der Waals surface area contributed by atoms with Crippen LogP contribution in [0.1, 0.15) is 16.9 Å². The van der Waals surface area contributed by atoms with E-state index in [0.717, 1.165) is 27.9 Å². The Labute approximate surface area is 160 Å². The van der Waals surface area contributed by atoms with Gasteiger partial charge < -0.3 is 4.42 Å². The zero-order valence-corrected chi connectivity index (χ0v) is 15.1. The highest BCUT2D eigenvalue weighted by Gasteiger charge is 2.16. The van der Waals surface area contributed by atoms with E-state index in [1.54, 1.807) is 24.2 Å². The molecular weight excluding hydrogens is 358 g/mol. The number of thioether (sulfide) groups is 1. The zero-order valence-electron chi connectivity index (χ0n) is 14.3. The molecule has 0 bridgehead atoms. The summed E-state index contributed by atoms with van der Waals surface area (Å²) in [6.07, 6.45) is 3.40. The van der Waals surface area contributed by atoms with Gasteiger partial charge in [-0.3, -0.25) is 9.55 Å². The van der Waals surface area contributed by atoms with Gasteiger partial charge in [0.25, 0.3) is 0 Å². The number of hydrogen-bond donors (Lipinski definition) is 0. The number of aromatic nitrogens is 4. The summed E-state index contributed by atoms with van der Waals surface area (Å²) in [5, 5.41) is 18.4. The van der Waals surface area contributed by atoms with E-state index in [1.165, 1.54) is 0 Å². The Morgan fingerprint density at radius 3 is 2.63 bits per heavy atom. The maximum atomic E-state index is 8.91. The van der Waals surface area contributed by atoms with Crippen LogP contribution >= 0.6 is 11.8 Å². The van der Waals surface area contributed by atoms with Crippen LogP contribution in [0.2, 0.25) is 0 Å². The van der Waals surface area contributed by atoms with Gasteiger partial charge in [0.1, 0.15) is 11.5 Å². The lowest BCUT2D eigenvalue weighted by Crippen LogP contribution is -2.04. The average molecular weight is 373 g/mol. The van der Waals surface area contributed by atoms with Gasteiger partial charge in [-0.05, 0) is 42.0 Å². The molecule has 1 aromatic carbocycles. The average Bonchev–Trinajstić information content (AvgIpc) is 3.38. The largest absolute Gasteiger partial charge is 0.467 e. The summed E-state index contributed by atoms with van der Waals surface area (Å²) in [6, 6.07) is 19.2. The highest BCUT2D eigenvalue weighted by Crippen LogP contribution is 2.26. The van der Waals surface area contributed by atoms with Crippen molar-refractivity contribution in [1.29, 1.82) is 5.26 Å². The second-order valence-corrected chi connectivity index (χ2v) is 6.73. The van der Waals surface area contributed by atoms with Gasteiger partial charge in [0, 0.05) is 11.9 Å². The first-order valence-corrected chi connectivity index (χ1v) is 9.31. The second-order valence-electron chi connectivity index (χ2n) is 5.78. The molecule has 7 heteroatoms. The summed E-state index contributed by atoms with van der Waals surface area (Å²) in [6.45, 7) is 0.529. The molecule has 3 heterocycles. The molecule has 4 aromatic rings. The molecule has 0 aliphatic carbocycles. The minimum Gasteiger partial charge on any atom is -0.467 e. The quantitative estimate of drug-likeness (QED) is 0.472. The van der Waals surface area contributed by atoms with Crippen molar-refractivity contribution >= 4 is 11.8 Å². The fraction of sp³-hybridized carbons (Fsp3) is 0.100. The molecule has 4 rings (SSSR count). The van der Waals surface area contributed by atoms with Crippen LogP contribution in [0.15, 0.2) is 76.6 Å². The first-order valence-electron chi connectivity index (χ1n) is 8.32. The van der Waals surface area contributed by atoms with Crippen molar-refractivity contribution in [3.63, 3.8) is 0 Å². The molecule has 132 valence electrons.